The summed E-state index contributed by atoms with van der Waals surface area (Å²) in [6, 6.07) is 7.20. The Labute approximate surface area is 117 Å². The zero-order valence-corrected chi connectivity index (χ0v) is 11.5. The van der Waals surface area contributed by atoms with E-state index in [1.54, 1.807) is 32.2 Å². The second kappa shape index (κ2) is 5.47. The highest BCUT2D eigenvalue weighted by Gasteiger charge is 2.45. The number of benzene rings is 1. The number of ether oxygens (including phenoxy) is 1. The molecule has 1 N–H and O–H groups in total. The maximum atomic E-state index is 11.1. The lowest BCUT2D eigenvalue weighted by Crippen LogP contribution is -2.49. The topological polar surface area (TPSA) is 88.2 Å². The van der Waals surface area contributed by atoms with Gasteiger partial charge in [0, 0.05) is 5.56 Å². The standard InChI is InChI=1S/C14H17N3O3/c1-10-4-3-5-12(13(10)17(18)19)20-9-14(8-15,16-2)11-6-7-11/h3-5,11,16H,6-7,9H2,1-2H3. The average molecular weight is 275 g/mol. The third kappa shape index (κ3) is 2.58. The van der Waals surface area contributed by atoms with Crippen LogP contribution in [0, 0.1) is 34.3 Å². The van der Waals surface area contributed by atoms with Crippen LogP contribution in [0.15, 0.2) is 18.2 Å². The van der Waals surface area contributed by atoms with Gasteiger partial charge in [-0.3, -0.25) is 15.4 Å². The Morgan fingerprint density at radius 1 is 1.60 bits per heavy atom. The fraction of sp³-hybridized carbons (Fsp3) is 0.500. The Morgan fingerprint density at radius 2 is 2.30 bits per heavy atom. The Hall–Kier alpha value is -2.13. The molecule has 1 fully saturated rings. The number of likely N-dealkylation sites (N-methyl/N-ethyl adjacent to an activating group) is 1. The van der Waals surface area contributed by atoms with Crippen LogP contribution in [0.2, 0.25) is 0 Å². The lowest BCUT2D eigenvalue weighted by atomic mass is 9.96. The highest BCUT2D eigenvalue weighted by molar-refractivity contribution is 5.52. The summed E-state index contributed by atoms with van der Waals surface area (Å²) >= 11 is 0. The average Bonchev–Trinajstić information content (AvgIpc) is 3.25. The van der Waals surface area contributed by atoms with Crippen LogP contribution in [-0.4, -0.2) is 24.1 Å². The number of nitro benzene ring substituents is 1. The van der Waals surface area contributed by atoms with Crippen molar-refractivity contribution in [1.82, 2.24) is 5.32 Å². The van der Waals surface area contributed by atoms with Crippen molar-refractivity contribution in [3.8, 4) is 11.8 Å². The number of nitrogens with one attached hydrogen (secondary N) is 1. The predicted molar refractivity (Wildman–Crippen MR) is 73.5 cm³/mol. The van der Waals surface area contributed by atoms with E-state index >= 15 is 0 Å². The van der Waals surface area contributed by atoms with Crippen LogP contribution in [0.3, 0.4) is 0 Å². The monoisotopic (exact) mass is 275 g/mol. The molecular weight excluding hydrogens is 258 g/mol. The zero-order valence-electron chi connectivity index (χ0n) is 11.5. The van der Waals surface area contributed by atoms with Crippen molar-refractivity contribution < 1.29 is 9.66 Å². The lowest BCUT2D eigenvalue weighted by Gasteiger charge is -2.25. The molecule has 0 aromatic heterocycles. The molecule has 1 aliphatic carbocycles. The normalized spacial score (nSPS) is 17.1. The molecule has 1 aromatic rings. The second-order valence-electron chi connectivity index (χ2n) is 5.07. The maximum Gasteiger partial charge on any atom is 0.313 e. The molecule has 106 valence electrons. The van der Waals surface area contributed by atoms with E-state index in [4.69, 9.17) is 4.74 Å². The molecule has 1 atom stereocenters. The first kappa shape index (κ1) is 14.3. The van der Waals surface area contributed by atoms with E-state index < -0.39 is 10.5 Å². The number of rotatable bonds is 6. The van der Waals surface area contributed by atoms with Crippen LogP contribution in [0.5, 0.6) is 5.75 Å². The minimum atomic E-state index is -0.766. The minimum absolute atomic E-state index is 0.0359. The van der Waals surface area contributed by atoms with Gasteiger partial charge in [-0.25, -0.2) is 0 Å². The van der Waals surface area contributed by atoms with Crippen LogP contribution < -0.4 is 10.1 Å². The van der Waals surface area contributed by atoms with Gasteiger partial charge in [0.1, 0.15) is 12.1 Å². The molecule has 6 nitrogen and oxygen atoms in total. The van der Waals surface area contributed by atoms with Crippen molar-refractivity contribution in [2.24, 2.45) is 5.92 Å². The first-order valence-electron chi connectivity index (χ1n) is 6.51. The van der Waals surface area contributed by atoms with Crippen LogP contribution in [0.25, 0.3) is 0 Å². The number of nitrogens with zero attached hydrogens (tertiary/aromatic N) is 2. The smallest absolute Gasteiger partial charge is 0.313 e. The van der Waals surface area contributed by atoms with E-state index in [1.165, 1.54) is 0 Å². The van der Waals surface area contributed by atoms with Crippen LogP contribution in [0.4, 0.5) is 5.69 Å². The van der Waals surface area contributed by atoms with Crippen LogP contribution >= 0.6 is 0 Å². The summed E-state index contributed by atoms with van der Waals surface area (Å²) in [5.74, 6) is 0.465. The molecule has 1 aliphatic rings. The van der Waals surface area contributed by atoms with E-state index in [-0.39, 0.29) is 24.0 Å². The van der Waals surface area contributed by atoms with Gasteiger partial charge in [0.25, 0.3) is 0 Å². The fourth-order valence-corrected chi connectivity index (χ4v) is 2.32. The van der Waals surface area contributed by atoms with E-state index in [9.17, 15) is 15.4 Å². The predicted octanol–water partition coefficient (Wildman–Crippen LogP) is 2.17. The number of hydrogen-bond donors (Lipinski definition) is 1. The summed E-state index contributed by atoms with van der Waals surface area (Å²) in [5, 5.41) is 23.5. The Kier molecular flexibility index (Phi) is 3.91. The van der Waals surface area contributed by atoms with Gasteiger partial charge in [-0.05, 0) is 38.8 Å². The van der Waals surface area contributed by atoms with E-state index in [0.29, 0.717) is 5.56 Å². The summed E-state index contributed by atoms with van der Waals surface area (Å²) < 4.78 is 5.60. The quantitative estimate of drug-likeness (QED) is 0.635. The molecular formula is C14H17N3O3. The summed E-state index contributed by atoms with van der Waals surface area (Å²) in [5.41, 5.74) is -0.255. The molecule has 0 amide bonds. The van der Waals surface area contributed by atoms with Gasteiger partial charge >= 0.3 is 5.69 Å². The van der Waals surface area contributed by atoms with Gasteiger partial charge in [-0.2, -0.15) is 5.26 Å². The summed E-state index contributed by atoms with van der Waals surface area (Å²) in [6.45, 7) is 1.77. The van der Waals surface area contributed by atoms with Crippen molar-refractivity contribution in [3.63, 3.8) is 0 Å². The zero-order chi connectivity index (χ0) is 14.8. The molecule has 0 spiro atoms. The fourth-order valence-electron chi connectivity index (χ4n) is 2.32. The molecule has 0 heterocycles. The van der Waals surface area contributed by atoms with Gasteiger partial charge in [0.05, 0.1) is 11.0 Å². The van der Waals surface area contributed by atoms with Crippen molar-refractivity contribution in [1.29, 1.82) is 5.26 Å². The summed E-state index contributed by atoms with van der Waals surface area (Å²) in [6.07, 6.45) is 1.96. The second-order valence-corrected chi connectivity index (χ2v) is 5.07. The number of hydrogen-bond acceptors (Lipinski definition) is 5. The molecule has 20 heavy (non-hydrogen) atoms. The maximum absolute atomic E-state index is 11.1. The first-order chi connectivity index (χ1) is 9.54. The van der Waals surface area contributed by atoms with Crippen molar-refractivity contribution in [3.05, 3.63) is 33.9 Å². The molecule has 6 heteroatoms. The Balaban J connectivity index is 2.21. The lowest BCUT2D eigenvalue weighted by molar-refractivity contribution is -0.386. The molecule has 0 aliphatic heterocycles. The number of nitro groups is 1. The highest BCUT2D eigenvalue weighted by atomic mass is 16.6. The summed E-state index contributed by atoms with van der Waals surface area (Å²) in [7, 11) is 1.72. The molecule has 1 unspecified atom stereocenters. The minimum Gasteiger partial charge on any atom is -0.484 e. The van der Waals surface area contributed by atoms with Gasteiger partial charge < -0.3 is 4.74 Å². The van der Waals surface area contributed by atoms with Crippen LogP contribution in [-0.2, 0) is 0 Å². The van der Waals surface area contributed by atoms with Crippen LogP contribution in [0.1, 0.15) is 18.4 Å². The third-order valence-corrected chi connectivity index (χ3v) is 3.76. The largest absolute Gasteiger partial charge is 0.484 e. The molecule has 0 bridgehead atoms. The van der Waals surface area contributed by atoms with E-state index in [2.05, 4.69) is 11.4 Å². The highest BCUT2D eigenvalue weighted by Crippen LogP contribution is 2.40. The van der Waals surface area contributed by atoms with Gasteiger partial charge in [0.15, 0.2) is 5.75 Å². The molecule has 0 radical (unpaired) electrons. The Morgan fingerprint density at radius 3 is 2.80 bits per heavy atom. The first-order valence-corrected chi connectivity index (χ1v) is 6.51. The molecule has 1 aromatic carbocycles. The van der Waals surface area contributed by atoms with Crippen molar-refractivity contribution in [2.45, 2.75) is 25.3 Å². The molecule has 2 rings (SSSR count). The molecule has 0 saturated heterocycles. The van der Waals surface area contributed by atoms with Gasteiger partial charge in [0.2, 0.25) is 0 Å². The van der Waals surface area contributed by atoms with Gasteiger partial charge in [-0.15, -0.1) is 0 Å². The number of para-hydroxylation sites is 1. The van der Waals surface area contributed by atoms with E-state index in [1.807, 2.05) is 0 Å². The van der Waals surface area contributed by atoms with Crippen molar-refractivity contribution in [2.75, 3.05) is 13.7 Å². The van der Waals surface area contributed by atoms with Crippen molar-refractivity contribution >= 4 is 5.69 Å². The summed E-state index contributed by atoms with van der Waals surface area (Å²) in [4.78, 5) is 10.6. The third-order valence-electron chi connectivity index (χ3n) is 3.76. The van der Waals surface area contributed by atoms with Gasteiger partial charge in [-0.1, -0.05) is 12.1 Å². The molecule has 1 saturated carbocycles. The number of aryl methyl sites for hydroxylation is 1. The number of nitriles is 1. The Bertz CT molecular complexity index is 563. The SMILES string of the molecule is CNC(C#N)(COc1cccc(C)c1[N+](=O)[O-])C1CC1. The van der Waals surface area contributed by atoms with E-state index in [0.717, 1.165) is 12.8 Å².